The molecule has 0 spiro atoms. The molecule has 0 aliphatic heterocycles. The third-order valence-corrected chi connectivity index (χ3v) is 6.71. The number of alkyl halides is 3. The maximum atomic E-state index is 13.8. The molecular weight excluding hydrogens is 457 g/mol. The molecule has 0 atom stereocenters. The highest BCUT2D eigenvalue weighted by atomic mass is 32.1. The maximum absolute atomic E-state index is 13.8. The van der Waals surface area contributed by atoms with Gasteiger partial charge in [-0.25, -0.2) is 4.98 Å². The van der Waals surface area contributed by atoms with Gasteiger partial charge in [0.2, 0.25) is 0 Å². The summed E-state index contributed by atoms with van der Waals surface area (Å²) >= 11 is 1.67. The van der Waals surface area contributed by atoms with Crippen LogP contribution in [0.1, 0.15) is 25.1 Å². The van der Waals surface area contributed by atoms with Crippen molar-refractivity contribution in [2.24, 2.45) is 0 Å². The molecule has 0 aliphatic rings. The lowest BCUT2D eigenvalue weighted by Gasteiger charge is -2.14. The van der Waals surface area contributed by atoms with Crippen LogP contribution in [0.25, 0.3) is 38.3 Å². The molecule has 0 saturated heterocycles. The number of fused-ring (bicyclic) bond motifs is 1. The van der Waals surface area contributed by atoms with Gasteiger partial charge < -0.3 is 5.11 Å². The van der Waals surface area contributed by atoms with Gasteiger partial charge in [-0.3, -0.25) is 4.57 Å². The van der Waals surface area contributed by atoms with Crippen LogP contribution in [-0.2, 0) is 11.8 Å². The number of aliphatic hydroxyl groups is 1. The van der Waals surface area contributed by atoms with Gasteiger partial charge in [-0.2, -0.15) is 13.2 Å². The zero-order valence-corrected chi connectivity index (χ0v) is 19.3. The van der Waals surface area contributed by atoms with Gasteiger partial charge in [-0.1, -0.05) is 48.5 Å². The van der Waals surface area contributed by atoms with Crippen molar-refractivity contribution >= 4 is 21.4 Å². The molecule has 0 saturated carbocycles. The van der Waals surface area contributed by atoms with Crippen molar-refractivity contribution in [3.63, 3.8) is 0 Å². The molecule has 5 aromatic rings. The van der Waals surface area contributed by atoms with Gasteiger partial charge in [-0.05, 0) is 49.1 Å². The Morgan fingerprint density at radius 3 is 2.24 bits per heavy atom. The van der Waals surface area contributed by atoms with Gasteiger partial charge in [0, 0.05) is 33.1 Å². The molecule has 5 rings (SSSR count). The Morgan fingerprint density at radius 2 is 1.53 bits per heavy atom. The molecule has 172 valence electrons. The van der Waals surface area contributed by atoms with Crippen LogP contribution in [0.3, 0.4) is 0 Å². The first kappa shape index (κ1) is 22.4. The molecule has 0 unspecified atom stereocenters. The lowest BCUT2D eigenvalue weighted by Crippen LogP contribution is -2.15. The van der Waals surface area contributed by atoms with Crippen LogP contribution in [0.15, 0.2) is 84.4 Å². The summed E-state index contributed by atoms with van der Waals surface area (Å²) in [6.07, 6.45) is -2.94. The fourth-order valence-electron chi connectivity index (χ4n) is 3.99. The molecule has 0 amide bonds. The predicted octanol–water partition coefficient (Wildman–Crippen LogP) is 7.67. The number of hydrogen-bond acceptors (Lipinski definition) is 3. The van der Waals surface area contributed by atoms with Crippen molar-refractivity contribution in [2.45, 2.75) is 25.6 Å². The van der Waals surface area contributed by atoms with Crippen molar-refractivity contribution in [2.75, 3.05) is 0 Å². The monoisotopic (exact) mass is 478 g/mol. The number of hydrogen-bond donors (Lipinski definition) is 1. The van der Waals surface area contributed by atoms with Gasteiger partial charge in [0.15, 0.2) is 0 Å². The maximum Gasteiger partial charge on any atom is 0.417 e. The van der Waals surface area contributed by atoms with Crippen LogP contribution >= 0.6 is 11.3 Å². The molecule has 0 bridgehead atoms. The topological polar surface area (TPSA) is 38.0 Å². The SMILES string of the molecule is CC(C)(O)c1cn(-c2ccc(-c3csc4ccccc34)cc2)c(-c2ccccc2C(F)(F)F)n1. The van der Waals surface area contributed by atoms with Crippen molar-refractivity contribution in [3.05, 3.63) is 95.6 Å². The minimum atomic E-state index is -4.54. The van der Waals surface area contributed by atoms with Gasteiger partial charge >= 0.3 is 6.18 Å². The van der Waals surface area contributed by atoms with Gasteiger partial charge in [0.1, 0.15) is 11.4 Å². The largest absolute Gasteiger partial charge is 0.417 e. The summed E-state index contributed by atoms with van der Waals surface area (Å²) in [6, 6.07) is 21.1. The molecule has 2 aromatic heterocycles. The summed E-state index contributed by atoms with van der Waals surface area (Å²) in [7, 11) is 0. The first-order chi connectivity index (χ1) is 16.1. The van der Waals surface area contributed by atoms with Gasteiger partial charge in [-0.15, -0.1) is 11.3 Å². The summed E-state index contributed by atoms with van der Waals surface area (Å²) in [5, 5.41) is 13.8. The zero-order chi connectivity index (χ0) is 24.1. The van der Waals surface area contributed by atoms with Crippen LogP contribution in [0.4, 0.5) is 13.2 Å². The third kappa shape index (κ3) is 4.02. The van der Waals surface area contributed by atoms with E-state index in [1.54, 1.807) is 42.0 Å². The Bertz CT molecular complexity index is 1470. The van der Waals surface area contributed by atoms with E-state index in [9.17, 15) is 18.3 Å². The highest BCUT2D eigenvalue weighted by Gasteiger charge is 2.35. The first-order valence-electron chi connectivity index (χ1n) is 10.7. The van der Waals surface area contributed by atoms with E-state index in [2.05, 4.69) is 22.5 Å². The van der Waals surface area contributed by atoms with E-state index in [4.69, 9.17) is 0 Å². The van der Waals surface area contributed by atoms with Crippen molar-refractivity contribution in [1.29, 1.82) is 0 Å². The Morgan fingerprint density at radius 1 is 0.853 bits per heavy atom. The van der Waals surface area contributed by atoms with Crippen LogP contribution in [0.5, 0.6) is 0 Å². The number of thiophene rings is 1. The number of nitrogens with zero attached hydrogens (tertiary/aromatic N) is 2. The first-order valence-corrected chi connectivity index (χ1v) is 11.6. The molecule has 1 N–H and O–H groups in total. The van der Waals surface area contributed by atoms with E-state index in [0.717, 1.165) is 22.6 Å². The van der Waals surface area contributed by atoms with Crippen LogP contribution in [-0.4, -0.2) is 14.7 Å². The second kappa shape index (κ2) is 8.11. The minimum absolute atomic E-state index is 0.0431. The average molecular weight is 479 g/mol. The second-order valence-corrected chi connectivity index (χ2v) is 9.53. The number of aromatic nitrogens is 2. The summed E-state index contributed by atoms with van der Waals surface area (Å²) in [5.41, 5.74) is 0.927. The van der Waals surface area contributed by atoms with E-state index < -0.39 is 17.3 Å². The highest BCUT2D eigenvalue weighted by Crippen LogP contribution is 2.39. The fourth-order valence-corrected chi connectivity index (χ4v) is 4.96. The van der Waals surface area contributed by atoms with E-state index in [1.165, 1.54) is 16.8 Å². The highest BCUT2D eigenvalue weighted by molar-refractivity contribution is 7.17. The molecule has 2 heterocycles. The summed E-state index contributed by atoms with van der Waals surface area (Å²) < 4.78 is 44.1. The van der Waals surface area contributed by atoms with Crippen LogP contribution < -0.4 is 0 Å². The lowest BCUT2D eigenvalue weighted by molar-refractivity contribution is -0.137. The molecule has 3 nitrogen and oxygen atoms in total. The third-order valence-electron chi connectivity index (χ3n) is 5.74. The number of imidazole rings is 1. The quantitative estimate of drug-likeness (QED) is 0.288. The molecule has 0 aliphatic carbocycles. The summed E-state index contributed by atoms with van der Waals surface area (Å²) in [6.45, 7) is 3.12. The van der Waals surface area contributed by atoms with E-state index in [1.807, 2.05) is 36.4 Å². The molecule has 0 radical (unpaired) electrons. The minimum Gasteiger partial charge on any atom is -0.384 e. The van der Waals surface area contributed by atoms with E-state index in [-0.39, 0.29) is 17.1 Å². The zero-order valence-electron chi connectivity index (χ0n) is 18.5. The van der Waals surface area contributed by atoms with Crippen LogP contribution in [0, 0.1) is 0 Å². The van der Waals surface area contributed by atoms with Gasteiger partial charge in [0.25, 0.3) is 0 Å². The van der Waals surface area contributed by atoms with Crippen molar-refractivity contribution in [3.8, 4) is 28.2 Å². The number of halogens is 3. The normalized spacial score (nSPS) is 12.4. The molecule has 0 fully saturated rings. The molecule has 34 heavy (non-hydrogen) atoms. The fraction of sp³-hybridized carbons (Fsp3) is 0.148. The van der Waals surface area contributed by atoms with Gasteiger partial charge in [0.05, 0.1) is 11.3 Å². The Labute approximate surface area is 198 Å². The molecular formula is C27H21F3N2OS. The Balaban J connectivity index is 1.64. The van der Waals surface area contributed by atoms with Crippen molar-refractivity contribution in [1.82, 2.24) is 9.55 Å². The predicted molar refractivity (Wildman–Crippen MR) is 130 cm³/mol. The van der Waals surface area contributed by atoms with Crippen LogP contribution in [0.2, 0.25) is 0 Å². The summed E-state index contributed by atoms with van der Waals surface area (Å²) in [5.74, 6) is 0.124. The van der Waals surface area contributed by atoms with E-state index in [0.29, 0.717) is 5.69 Å². The Hall–Kier alpha value is -3.42. The molecule has 3 aromatic carbocycles. The molecule has 7 heteroatoms. The Kier molecular flexibility index (Phi) is 5.34. The lowest BCUT2D eigenvalue weighted by atomic mass is 10.0. The number of rotatable bonds is 4. The second-order valence-electron chi connectivity index (χ2n) is 8.61. The number of benzene rings is 3. The summed E-state index contributed by atoms with van der Waals surface area (Å²) in [4.78, 5) is 4.43. The van der Waals surface area contributed by atoms with Crippen molar-refractivity contribution < 1.29 is 18.3 Å². The van der Waals surface area contributed by atoms with E-state index >= 15 is 0 Å². The smallest absolute Gasteiger partial charge is 0.384 e. The standard InChI is InChI=1S/C27H21F3N2OS/c1-26(2,33)24-15-32(25(31-24)20-8-3-5-9-22(20)27(28,29)30)18-13-11-17(12-14-18)21-16-34-23-10-6-4-7-19(21)23/h3-16,33H,1-2H3. The average Bonchev–Trinajstić information content (AvgIpc) is 3.44.